The molecule has 1 aromatic carbocycles. The van der Waals surface area contributed by atoms with Crippen LogP contribution in [0.2, 0.25) is 0 Å². The summed E-state index contributed by atoms with van der Waals surface area (Å²) in [4.78, 5) is 11.8. The summed E-state index contributed by atoms with van der Waals surface area (Å²) in [7, 11) is 0. The Labute approximate surface area is 103 Å². The van der Waals surface area contributed by atoms with Gasteiger partial charge in [0.15, 0.2) is 0 Å². The van der Waals surface area contributed by atoms with Crippen molar-refractivity contribution in [2.45, 2.75) is 25.9 Å². The van der Waals surface area contributed by atoms with E-state index in [4.69, 9.17) is 5.73 Å². The maximum Gasteiger partial charge on any atom is 0.241 e. The molecule has 17 heavy (non-hydrogen) atoms. The van der Waals surface area contributed by atoms with Gasteiger partial charge in [0.05, 0.1) is 0 Å². The van der Waals surface area contributed by atoms with E-state index in [9.17, 15) is 4.79 Å². The van der Waals surface area contributed by atoms with E-state index >= 15 is 0 Å². The summed E-state index contributed by atoms with van der Waals surface area (Å²) in [6, 6.07) is 9.04. The first-order chi connectivity index (χ1) is 8.15. The number of nitrogens with two attached hydrogens (primary N) is 1. The summed E-state index contributed by atoms with van der Waals surface area (Å²) in [5, 5.41) is 6.06. The third kappa shape index (κ3) is 4.54. The monoisotopic (exact) mass is 235 g/mol. The maximum absolute atomic E-state index is 11.8. The average Bonchev–Trinajstić information content (AvgIpc) is 2.36. The lowest BCUT2D eigenvalue weighted by atomic mass is 10.1. The topological polar surface area (TPSA) is 67.1 Å². The number of amides is 1. The van der Waals surface area contributed by atoms with Gasteiger partial charge in [-0.15, -0.1) is 0 Å². The molecule has 94 valence electrons. The molecule has 0 saturated carbocycles. The summed E-state index contributed by atoms with van der Waals surface area (Å²) >= 11 is 0. The molecule has 0 aromatic heterocycles. The molecule has 1 rings (SSSR count). The lowest BCUT2D eigenvalue weighted by Gasteiger charge is -2.16. The second-order valence-corrected chi connectivity index (χ2v) is 4.09. The predicted octanol–water partition coefficient (Wildman–Crippen LogP) is 0.801. The first-order valence-corrected chi connectivity index (χ1v) is 5.96. The van der Waals surface area contributed by atoms with Gasteiger partial charge >= 0.3 is 0 Å². The number of rotatable bonds is 6. The van der Waals surface area contributed by atoms with E-state index in [1.54, 1.807) is 0 Å². The quantitative estimate of drug-likeness (QED) is 0.683. The molecule has 1 amide bonds. The fourth-order valence-electron chi connectivity index (χ4n) is 1.60. The zero-order valence-electron chi connectivity index (χ0n) is 10.4. The van der Waals surface area contributed by atoms with Gasteiger partial charge in [-0.1, -0.05) is 37.3 Å². The molecule has 0 radical (unpaired) electrons. The van der Waals surface area contributed by atoms with Crippen LogP contribution >= 0.6 is 0 Å². The summed E-state index contributed by atoms with van der Waals surface area (Å²) in [5.41, 5.74) is 6.70. The number of benzene rings is 1. The van der Waals surface area contributed by atoms with Crippen LogP contribution in [-0.4, -0.2) is 25.0 Å². The van der Waals surface area contributed by atoms with Crippen LogP contribution in [0.4, 0.5) is 0 Å². The van der Waals surface area contributed by atoms with Gasteiger partial charge in [-0.05, 0) is 19.0 Å². The van der Waals surface area contributed by atoms with Crippen molar-refractivity contribution in [1.82, 2.24) is 10.6 Å². The second kappa shape index (κ2) is 7.04. The molecule has 0 bridgehead atoms. The molecular weight excluding hydrogens is 214 g/mol. The number of hydrogen-bond donors (Lipinski definition) is 3. The number of carbonyl (C=O) groups is 1. The van der Waals surface area contributed by atoms with Crippen molar-refractivity contribution in [3.8, 4) is 0 Å². The Morgan fingerprint density at radius 2 is 2.00 bits per heavy atom. The van der Waals surface area contributed by atoms with Gasteiger partial charge in [0, 0.05) is 12.6 Å². The maximum atomic E-state index is 11.8. The van der Waals surface area contributed by atoms with E-state index in [1.165, 1.54) is 0 Å². The Morgan fingerprint density at radius 1 is 1.35 bits per heavy atom. The molecule has 0 aliphatic rings. The van der Waals surface area contributed by atoms with Crippen LogP contribution in [0, 0.1) is 0 Å². The molecule has 0 saturated heterocycles. The van der Waals surface area contributed by atoms with Crippen molar-refractivity contribution in [2.75, 3.05) is 13.1 Å². The second-order valence-electron chi connectivity index (χ2n) is 4.09. The minimum atomic E-state index is -0.593. The Morgan fingerprint density at radius 3 is 2.59 bits per heavy atom. The highest BCUT2D eigenvalue weighted by atomic mass is 16.2. The predicted molar refractivity (Wildman–Crippen MR) is 69.5 cm³/mol. The van der Waals surface area contributed by atoms with Gasteiger partial charge in [0.25, 0.3) is 0 Å². The van der Waals surface area contributed by atoms with Crippen molar-refractivity contribution in [3.05, 3.63) is 35.9 Å². The Hall–Kier alpha value is -1.39. The van der Waals surface area contributed by atoms with Crippen LogP contribution in [-0.2, 0) is 4.79 Å². The smallest absolute Gasteiger partial charge is 0.241 e. The summed E-state index contributed by atoms with van der Waals surface area (Å²) in [5.74, 6) is -0.138. The summed E-state index contributed by atoms with van der Waals surface area (Å²) in [6.07, 6.45) is 0. The summed E-state index contributed by atoms with van der Waals surface area (Å²) in [6.45, 7) is 5.54. The normalized spacial score (nSPS) is 14.1. The SMILES string of the molecule is CCN[C@H](C)CNC(=O)C(N)c1ccccc1. The molecule has 0 fully saturated rings. The zero-order valence-corrected chi connectivity index (χ0v) is 10.4. The molecule has 0 aliphatic carbocycles. The van der Waals surface area contributed by atoms with E-state index in [0.29, 0.717) is 6.54 Å². The van der Waals surface area contributed by atoms with Crippen LogP contribution in [0.25, 0.3) is 0 Å². The molecule has 4 N–H and O–H groups in total. The van der Waals surface area contributed by atoms with Crippen LogP contribution in [0.1, 0.15) is 25.5 Å². The van der Waals surface area contributed by atoms with Gasteiger partial charge in [0.1, 0.15) is 6.04 Å². The van der Waals surface area contributed by atoms with E-state index in [0.717, 1.165) is 12.1 Å². The molecular formula is C13H21N3O. The van der Waals surface area contributed by atoms with Gasteiger partial charge in [-0.2, -0.15) is 0 Å². The van der Waals surface area contributed by atoms with Crippen LogP contribution in [0.5, 0.6) is 0 Å². The number of nitrogens with one attached hydrogen (secondary N) is 2. The molecule has 2 atom stereocenters. The molecule has 1 unspecified atom stereocenters. The molecule has 0 heterocycles. The van der Waals surface area contributed by atoms with Crippen molar-refractivity contribution in [1.29, 1.82) is 0 Å². The van der Waals surface area contributed by atoms with Crippen molar-refractivity contribution in [3.63, 3.8) is 0 Å². The molecule has 0 aliphatic heterocycles. The third-order valence-electron chi connectivity index (χ3n) is 2.58. The first-order valence-electron chi connectivity index (χ1n) is 5.96. The lowest BCUT2D eigenvalue weighted by Crippen LogP contribution is -2.42. The molecule has 4 nitrogen and oxygen atoms in total. The Balaban J connectivity index is 2.43. The Kier molecular flexibility index (Phi) is 5.66. The standard InChI is InChI=1S/C13H21N3O/c1-3-15-10(2)9-16-13(17)12(14)11-7-5-4-6-8-11/h4-8,10,12,15H,3,9,14H2,1-2H3,(H,16,17)/t10-,12?/m1/s1. The van der Waals surface area contributed by atoms with Gasteiger partial charge in [-0.3, -0.25) is 4.79 Å². The fourth-order valence-corrected chi connectivity index (χ4v) is 1.60. The zero-order chi connectivity index (χ0) is 12.7. The highest BCUT2D eigenvalue weighted by molar-refractivity contribution is 5.82. The third-order valence-corrected chi connectivity index (χ3v) is 2.58. The van der Waals surface area contributed by atoms with E-state index in [2.05, 4.69) is 10.6 Å². The van der Waals surface area contributed by atoms with Gasteiger partial charge in [0.2, 0.25) is 5.91 Å². The number of likely N-dealkylation sites (N-methyl/N-ethyl adjacent to an activating group) is 1. The first kappa shape index (κ1) is 13.7. The molecule has 4 heteroatoms. The highest BCUT2D eigenvalue weighted by Crippen LogP contribution is 2.08. The van der Waals surface area contributed by atoms with Gasteiger partial charge < -0.3 is 16.4 Å². The minimum Gasteiger partial charge on any atom is -0.353 e. The average molecular weight is 235 g/mol. The lowest BCUT2D eigenvalue weighted by molar-refractivity contribution is -0.122. The fraction of sp³-hybridized carbons (Fsp3) is 0.462. The largest absolute Gasteiger partial charge is 0.353 e. The Bertz CT molecular complexity index is 340. The number of hydrogen-bond acceptors (Lipinski definition) is 3. The van der Waals surface area contributed by atoms with E-state index in [-0.39, 0.29) is 11.9 Å². The molecule has 1 aromatic rings. The molecule has 0 spiro atoms. The van der Waals surface area contributed by atoms with Crippen molar-refractivity contribution in [2.24, 2.45) is 5.73 Å². The highest BCUT2D eigenvalue weighted by Gasteiger charge is 2.15. The summed E-state index contributed by atoms with van der Waals surface area (Å²) < 4.78 is 0. The number of carbonyl (C=O) groups excluding carboxylic acids is 1. The minimum absolute atomic E-state index is 0.138. The van der Waals surface area contributed by atoms with Gasteiger partial charge in [-0.25, -0.2) is 0 Å². The van der Waals surface area contributed by atoms with Crippen molar-refractivity contribution >= 4 is 5.91 Å². The van der Waals surface area contributed by atoms with E-state index < -0.39 is 6.04 Å². The van der Waals surface area contributed by atoms with Crippen molar-refractivity contribution < 1.29 is 4.79 Å². The van der Waals surface area contributed by atoms with E-state index in [1.807, 2.05) is 44.2 Å². The van der Waals surface area contributed by atoms with Crippen LogP contribution in [0.15, 0.2) is 30.3 Å². The van der Waals surface area contributed by atoms with Crippen LogP contribution in [0.3, 0.4) is 0 Å². The van der Waals surface area contributed by atoms with Crippen LogP contribution < -0.4 is 16.4 Å².